The van der Waals surface area contributed by atoms with E-state index >= 15 is 0 Å². The lowest BCUT2D eigenvalue weighted by Crippen LogP contribution is -2.43. The molecule has 0 aliphatic carbocycles. The molecule has 0 saturated carbocycles. The third kappa shape index (κ3) is 7.91. The highest BCUT2D eigenvalue weighted by molar-refractivity contribution is 4.75. The summed E-state index contributed by atoms with van der Waals surface area (Å²) >= 11 is 0. The van der Waals surface area contributed by atoms with Crippen LogP contribution in [0.3, 0.4) is 0 Å². The van der Waals surface area contributed by atoms with E-state index < -0.39 is 0 Å². The van der Waals surface area contributed by atoms with Crippen molar-refractivity contribution in [1.82, 2.24) is 10.2 Å². The predicted octanol–water partition coefficient (Wildman–Crippen LogP) is 2.76. The Morgan fingerprint density at radius 1 is 1.26 bits per heavy atom. The van der Waals surface area contributed by atoms with Gasteiger partial charge in [-0.25, -0.2) is 0 Å². The number of piperidine rings is 1. The van der Waals surface area contributed by atoms with E-state index in [1.807, 2.05) is 0 Å². The average molecular weight is 270 g/mol. The fourth-order valence-electron chi connectivity index (χ4n) is 2.72. The standard InChI is InChI=1S/C16H34N2O/c1-5-9-19-16-7-6-8-18(13-16)12-15(4)11-17-10-14(2)3/h14-17H,5-13H2,1-4H3. The number of likely N-dealkylation sites (tertiary alicyclic amines) is 1. The monoisotopic (exact) mass is 270 g/mol. The van der Waals surface area contributed by atoms with Gasteiger partial charge in [-0.05, 0) is 50.7 Å². The van der Waals surface area contributed by atoms with Crippen LogP contribution in [-0.2, 0) is 4.74 Å². The second-order valence-corrected chi connectivity index (χ2v) is 6.55. The summed E-state index contributed by atoms with van der Waals surface area (Å²) in [5, 5.41) is 3.56. The van der Waals surface area contributed by atoms with Crippen molar-refractivity contribution in [3.8, 4) is 0 Å². The summed E-state index contributed by atoms with van der Waals surface area (Å²) in [4.78, 5) is 2.59. The molecule has 3 nitrogen and oxygen atoms in total. The van der Waals surface area contributed by atoms with E-state index in [1.54, 1.807) is 0 Å². The zero-order valence-electron chi connectivity index (χ0n) is 13.5. The lowest BCUT2D eigenvalue weighted by atomic mass is 10.1. The SMILES string of the molecule is CCCOC1CCCN(CC(C)CNCC(C)C)C1. The zero-order valence-corrected chi connectivity index (χ0v) is 13.5. The summed E-state index contributed by atoms with van der Waals surface area (Å²) in [6, 6.07) is 0. The van der Waals surface area contributed by atoms with Gasteiger partial charge in [-0.15, -0.1) is 0 Å². The average Bonchev–Trinajstić information content (AvgIpc) is 2.36. The molecule has 1 heterocycles. The van der Waals surface area contributed by atoms with Crippen LogP contribution in [0.25, 0.3) is 0 Å². The maximum Gasteiger partial charge on any atom is 0.0702 e. The largest absolute Gasteiger partial charge is 0.377 e. The Labute approximate surface area is 120 Å². The van der Waals surface area contributed by atoms with Crippen LogP contribution in [0.2, 0.25) is 0 Å². The molecule has 0 radical (unpaired) electrons. The predicted molar refractivity (Wildman–Crippen MR) is 82.6 cm³/mol. The third-order valence-corrected chi connectivity index (χ3v) is 3.64. The zero-order chi connectivity index (χ0) is 14.1. The fraction of sp³-hybridized carbons (Fsp3) is 1.00. The lowest BCUT2D eigenvalue weighted by Gasteiger charge is -2.34. The molecule has 2 atom stereocenters. The minimum Gasteiger partial charge on any atom is -0.377 e. The Hall–Kier alpha value is -0.120. The number of hydrogen-bond donors (Lipinski definition) is 1. The van der Waals surface area contributed by atoms with E-state index in [2.05, 4.69) is 37.9 Å². The van der Waals surface area contributed by atoms with Crippen molar-refractivity contribution in [2.45, 2.75) is 53.1 Å². The topological polar surface area (TPSA) is 24.5 Å². The highest BCUT2D eigenvalue weighted by Crippen LogP contribution is 2.14. The van der Waals surface area contributed by atoms with E-state index in [0.29, 0.717) is 6.10 Å². The summed E-state index contributed by atoms with van der Waals surface area (Å²) in [5.74, 6) is 1.47. The maximum atomic E-state index is 5.90. The van der Waals surface area contributed by atoms with E-state index in [4.69, 9.17) is 4.74 Å². The Morgan fingerprint density at radius 2 is 2.05 bits per heavy atom. The number of nitrogens with zero attached hydrogens (tertiary/aromatic N) is 1. The van der Waals surface area contributed by atoms with Crippen molar-refractivity contribution in [2.24, 2.45) is 11.8 Å². The van der Waals surface area contributed by atoms with Gasteiger partial charge in [0.05, 0.1) is 6.10 Å². The second kappa shape index (κ2) is 9.73. The van der Waals surface area contributed by atoms with Crippen LogP contribution in [0, 0.1) is 11.8 Å². The molecule has 0 amide bonds. The minimum atomic E-state index is 0.476. The number of hydrogen-bond acceptors (Lipinski definition) is 3. The second-order valence-electron chi connectivity index (χ2n) is 6.55. The Balaban J connectivity index is 2.16. The van der Waals surface area contributed by atoms with Crippen LogP contribution in [-0.4, -0.2) is 50.3 Å². The van der Waals surface area contributed by atoms with Gasteiger partial charge in [0.1, 0.15) is 0 Å². The molecule has 0 bridgehead atoms. The summed E-state index contributed by atoms with van der Waals surface area (Å²) in [6.07, 6.45) is 4.15. The molecular weight excluding hydrogens is 236 g/mol. The van der Waals surface area contributed by atoms with Crippen molar-refractivity contribution in [2.75, 3.05) is 39.3 Å². The van der Waals surface area contributed by atoms with Gasteiger partial charge in [0.2, 0.25) is 0 Å². The number of nitrogens with one attached hydrogen (secondary N) is 1. The molecule has 1 saturated heterocycles. The molecule has 0 spiro atoms. The van der Waals surface area contributed by atoms with Crippen LogP contribution in [0.15, 0.2) is 0 Å². The van der Waals surface area contributed by atoms with Gasteiger partial charge in [0.25, 0.3) is 0 Å². The van der Waals surface area contributed by atoms with Crippen LogP contribution >= 0.6 is 0 Å². The lowest BCUT2D eigenvalue weighted by molar-refractivity contribution is -0.00323. The molecule has 1 rings (SSSR count). The molecule has 1 N–H and O–H groups in total. The van der Waals surface area contributed by atoms with E-state index in [-0.39, 0.29) is 0 Å². The first-order valence-electron chi connectivity index (χ1n) is 8.16. The molecular formula is C16H34N2O. The Kier molecular flexibility index (Phi) is 8.67. The van der Waals surface area contributed by atoms with Gasteiger partial charge in [0.15, 0.2) is 0 Å². The summed E-state index contributed by atoms with van der Waals surface area (Å²) in [6.45, 7) is 15.8. The van der Waals surface area contributed by atoms with Gasteiger partial charge in [-0.2, -0.15) is 0 Å². The molecule has 2 unspecified atom stereocenters. The van der Waals surface area contributed by atoms with Crippen molar-refractivity contribution in [1.29, 1.82) is 0 Å². The number of rotatable bonds is 9. The van der Waals surface area contributed by atoms with E-state index in [0.717, 1.165) is 44.5 Å². The molecule has 0 aromatic rings. The van der Waals surface area contributed by atoms with Crippen LogP contribution < -0.4 is 5.32 Å². The Bertz CT molecular complexity index is 221. The molecule has 114 valence electrons. The first-order valence-corrected chi connectivity index (χ1v) is 8.16. The molecule has 19 heavy (non-hydrogen) atoms. The molecule has 3 heteroatoms. The summed E-state index contributed by atoms with van der Waals surface area (Å²) < 4.78 is 5.90. The van der Waals surface area contributed by atoms with Gasteiger partial charge in [-0.3, -0.25) is 0 Å². The molecule has 1 fully saturated rings. The van der Waals surface area contributed by atoms with Crippen LogP contribution in [0.1, 0.15) is 47.0 Å². The van der Waals surface area contributed by atoms with Crippen molar-refractivity contribution >= 4 is 0 Å². The third-order valence-electron chi connectivity index (χ3n) is 3.64. The smallest absolute Gasteiger partial charge is 0.0702 e. The van der Waals surface area contributed by atoms with Crippen molar-refractivity contribution < 1.29 is 4.74 Å². The Morgan fingerprint density at radius 3 is 2.74 bits per heavy atom. The minimum absolute atomic E-state index is 0.476. The maximum absolute atomic E-state index is 5.90. The van der Waals surface area contributed by atoms with Crippen molar-refractivity contribution in [3.63, 3.8) is 0 Å². The van der Waals surface area contributed by atoms with Gasteiger partial charge in [-0.1, -0.05) is 27.7 Å². The van der Waals surface area contributed by atoms with E-state index in [9.17, 15) is 0 Å². The van der Waals surface area contributed by atoms with E-state index in [1.165, 1.54) is 25.9 Å². The highest BCUT2D eigenvalue weighted by Gasteiger charge is 2.21. The summed E-state index contributed by atoms with van der Waals surface area (Å²) in [7, 11) is 0. The van der Waals surface area contributed by atoms with Gasteiger partial charge in [0, 0.05) is 19.7 Å². The van der Waals surface area contributed by atoms with Crippen molar-refractivity contribution in [3.05, 3.63) is 0 Å². The molecule has 1 aliphatic rings. The van der Waals surface area contributed by atoms with Crippen LogP contribution in [0.5, 0.6) is 0 Å². The fourth-order valence-corrected chi connectivity index (χ4v) is 2.72. The normalized spacial score (nSPS) is 22.9. The van der Waals surface area contributed by atoms with Crippen LogP contribution in [0.4, 0.5) is 0 Å². The molecule has 0 aromatic carbocycles. The molecule has 0 aromatic heterocycles. The summed E-state index contributed by atoms with van der Waals surface area (Å²) in [5.41, 5.74) is 0. The van der Waals surface area contributed by atoms with Gasteiger partial charge >= 0.3 is 0 Å². The number of ether oxygens (including phenoxy) is 1. The quantitative estimate of drug-likeness (QED) is 0.697. The molecule has 1 aliphatic heterocycles. The highest BCUT2D eigenvalue weighted by atomic mass is 16.5. The van der Waals surface area contributed by atoms with Gasteiger partial charge < -0.3 is 15.0 Å². The first-order chi connectivity index (χ1) is 9.11. The first kappa shape index (κ1) is 16.9.